The highest BCUT2D eigenvalue weighted by Crippen LogP contribution is 2.43. The van der Waals surface area contributed by atoms with Crippen LogP contribution in [0.5, 0.6) is 0 Å². The van der Waals surface area contributed by atoms with Crippen molar-refractivity contribution in [3.63, 3.8) is 0 Å². The van der Waals surface area contributed by atoms with Crippen molar-refractivity contribution in [2.45, 2.75) is 30.7 Å². The van der Waals surface area contributed by atoms with Crippen LogP contribution < -0.4 is 11.1 Å². The third kappa shape index (κ3) is 3.57. The van der Waals surface area contributed by atoms with Crippen LogP contribution in [0.3, 0.4) is 0 Å². The van der Waals surface area contributed by atoms with Crippen LogP contribution in [-0.4, -0.2) is 12.5 Å². The Morgan fingerprint density at radius 3 is 2.13 bits per heavy atom. The predicted molar refractivity (Wildman–Crippen MR) is 95.6 cm³/mol. The van der Waals surface area contributed by atoms with E-state index in [0.29, 0.717) is 6.54 Å². The van der Waals surface area contributed by atoms with Gasteiger partial charge in [-0.05, 0) is 24.0 Å². The highest BCUT2D eigenvalue weighted by molar-refractivity contribution is 5.89. The van der Waals surface area contributed by atoms with Gasteiger partial charge in [-0.25, -0.2) is 0 Å². The Hall–Kier alpha value is -1.84. The predicted octanol–water partition coefficient (Wildman–Crippen LogP) is 3.35. The molecule has 0 radical (unpaired) electrons. The van der Waals surface area contributed by atoms with Gasteiger partial charge in [0.2, 0.25) is 5.91 Å². The van der Waals surface area contributed by atoms with Crippen molar-refractivity contribution in [1.82, 2.24) is 5.32 Å². The molecule has 2 aromatic rings. The SMILES string of the molecule is Cl.NC(CNC(=O)C1(c2ccccc2)CCC1)c1ccccc1. The molecule has 1 saturated carbocycles. The zero-order valence-corrected chi connectivity index (χ0v) is 13.9. The third-order valence-corrected chi connectivity index (χ3v) is 4.68. The molecule has 23 heavy (non-hydrogen) atoms. The summed E-state index contributed by atoms with van der Waals surface area (Å²) in [6.07, 6.45) is 2.94. The Kier molecular flexibility index (Phi) is 5.80. The second kappa shape index (κ2) is 7.62. The maximum absolute atomic E-state index is 12.7. The molecule has 2 aromatic carbocycles. The molecule has 0 aliphatic heterocycles. The molecule has 3 rings (SSSR count). The van der Waals surface area contributed by atoms with Gasteiger partial charge in [0.05, 0.1) is 5.41 Å². The summed E-state index contributed by atoms with van der Waals surface area (Å²) in [7, 11) is 0. The average molecular weight is 331 g/mol. The molecule has 0 spiro atoms. The lowest BCUT2D eigenvalue weighted by Crippen LogP contribution is -2.50. The van der Waals surface area contributed by atoms with E-state index in [1.807, 2.05) is 48.5 Å². The smallest absolute Gasteiger partial charge is 0.230 e. The first-order valence-electron chi connectivity index (χ1n) is 7.87. The minimum atomic E-state index is -0.350. The van der Waals surface area contributed by atoms with E-state index in [1.165, 1.54) is 0 Å². The standard InChI is InChI=1S/C19H22N2O.ClH/c20-17(15-8-3-1-4-9-15)14-21-18(22)19(12-7-13-19)16-10-5-2-6-11-16;/h1-6,8-11,17H,7,12-14,20H2,(H,21,22);1H. The molecule has 122 valence electrons. The number of benzene rings is 2. The van der Waals surface area contributed by atoms with Gasteiger partial charge in [-0.1, -0.05) is 67.1 Å². The van der Waals surface area contributed by atoms with Gasteiger partial charge in [0, 0.05) is 12.6 Å². The first kappa shape index (κ1) is 17.5. The number of carbonyl (C=O) groups excluding carboxylic acids is 1. The fourth-order valence-corrected chi connectivity index (χ4v) is 3.12. The maximum atomic E-state index is 12.7. The molecule has 1 aliphatic carbocycles. The Morgan fingerprint density at radius 2 is 1.61 bits per heavy atom. The highest BCUT2D eigenvalue weighted by atomic mass is 35.5. The maximum Gasteiger partial charge on any atom is 0.230 e. The van der Waals surface area contributed by atoms with Crippen molar-refractivity contribution < 1.29 is 4.79 Å². The lowest BCUT2D eigenvalue weighted by atomic mass is 9.64. The normalized spacial score (nSPS) is 16.6. The van der Waals surface area contributed by atoms with Crippen LogP contribution in [0, 0.1) is 0 Å². The van der Waals surface area contributed by atoms with Crippen molar-refractivity contribution in [2.75, 3.05) is 6.54 Å². The summed E-state index contributed by atoms with van der Waals surface area (Å²) in [5.74, 6) is 0.108. The summed E-state index contributed by atoms with van der Waals surface area (Å²) in [6.45, 7) is 0.470. The van der Waals surface area contributed by atoms with Crippen molar-refractivity contribution in [1.29, 1.82) is 0 Å². The van der Waals surface area contributed by atoms with Crippen LogP contribution in [-0.2, 0) is 10.2 Å². The van der Waals surface area contributed by atoms with Gasteiger partial charge in [0.25, 0.3) is 0 Å². The second-order valence-electron chi connectivity index (χ2n) is 6.03. The third-order valence-electron chi connectivity index (χ3n) is 4.68. The van der Waals surface area contributed by atoms with E-state index in [9.17, 15) is 4.79 Å². The monoisotopic (exact) mass is 330 g/mol. The molecule has 3 N–H and O–H groups in total. The van der Waals surface area contributed by atoms with Gasteiger partial charge in [0.1, 0.15) is 0 Å². The molecule has 1 unspecified atom stereocenters. The molecule has 0 aromatic heterocycles. The lowest BCUT2D eigenvalue weighted by molar-refractivity contribution is -0.130. The van der Waals surface area contributed by atoms with Crippen LogP contribution in [0.4, 0.5) is 0 Å². The number of halogens is 1. The molecule has 1 fully saturated rings. The van der Waals surface area contributed by atoms with E-state index in [2.05, 4.69) is 17.4 Å². The average Bonchev–Trinajstić information content (AvgIpc) is 2.53. The molecular weight excluding hydrogens is 308 g/mol. The Morgan fingerprint density at radius 1 is 1.04 bits per heavy atom. The fourth-order valence-electron chi connectivity index (χ4n) is 3.12. The van der Waals surface area contributed by atoms with E-state index in [1.54, 1.807) is 0 Å². The number of nitrogens with one attached hydrogen (secondary N) is 1. The Balaban J connectivity index is 0.00000192. The van der Waals surface area contributed by atoms with Gasteiger partial charge >= 0.3 is 0 Å². The molecule has 0 bridgehead atoms. The number of hydrogen-bond acceptors (Lipinski definition) is 2. The number of amides is 1. The van der Waals surface area contributed by atoms with Crippen LogP contribution in [0.25, 0.3) is 0 Å². The summed E-state index contributed by atoms with van der Waals surface area (Å²) in [5.41, 5.74) is 7.98. The van der Waals surface area contributed by atoms with E-state index in [-0.39, 0.29) is 29.8 Å². The molecule has 1 aliphatic rings. The number of rotatable bonds is 5. The van der Waals surface area contributed by atoms with E-state index in [0.717, 1.165) is 30.4 Å². The molecular formula is C19H23ClN2O. The van der Waals surface area contributed by atoms with E-state index >= 15 is 0 Å². The van der Waals surface area contributed by atoms with Crippen molar-refractivity contribution in [3.8, 4) is 0 Å². The van der Waals surface area contributed by atoms with Crippen LogP contribution in [0.15, 0.2) is 60.7 Å². The van der Waals surface area contributed by atoms with E-state index in [4.69, 9.17) is 5.73 Å². The topological polar surface area (TPSA) is 55.1 Å². The lowest BCUT2D eigenvalue weighted by Gasteiger charge is -2.41. The summed E-state index contributed by atoms with van der Waals surface area (Å²) in [4.78, 5) is 12.7. The van der Waals surface area contributed by atoms with Crippen LogP contribution >= 0.6 is 12.4 Å². The Labute approximate surface area is 143 Å². The number of nitrogens with two attached hydrogens (primary N) is 1. The molecule has 1 amide bonds. The van der Waals surface area contributed by atoms with Gasteiger partial charge in [-0.15, -0.1) is 12.4 Å². The van der Waals surface area contributed by atoms with Crippen molar-refractivity contribution in [3.05, 3.63) is 71.8 Å². The zero-order valence-electron chi connectivity index (χ0n) is 13.1. The molecule has 0 heterocycles. The minimum Gasteiger partial charge on any atom is -0.353 e. The van der Waals surface area contributed by atoms with Crippen LogP contribution in [0.1, 0.15) is 36.4 Å². The van der Waals surface area contributed by atoms with Gasteiger partial charge in [-0.3, -0.25) is 4.79 Å². The van der Waals surface area contributed by atoms with Gasteiger partial charge < -0.3 is 11.1 Å². The molecule has 4 heteroatoms. The highest BCUT2D eigenvalue weighted by Gasteiger charge is 2.45. The van der Waals surface area contributed by atoms with Gasteiger partial charge in [-0.2, -0.15) is 0 Å². The fraction of sp³-hybridized carbons (Fsp3) is 0.316. The minimum absolute atomic E-state index is 0. The largest absolute Gasteiger partial charge is 0.353 e. The number of carbonyl (C=O) groups is 1. The Bertz CT molecular complexity index is 626. The van der Waals surface area contributed by atoms with Crippen molar-refractivity contribution in [2.24, 2.45) is 5.73 Å². The molecule has 0 saturated heterocycles. The number of hydrogen-bond donors (Lipinski definition) is 2. The summed E-state index contributed by atoms with van der Waals surface area (Å²) < 4.78 is 0. The summed E-state index contributed by atoms with van der Waals surface area (Å²) in [6, 6.07) is 19.8. The summed E-state index contributed by atoms with van der Waals surface area (Å²) in [5, 5.41) is 3.06. The first-order valence-corrected chi connectivity index (χ1v) is 7.87. The van der Waals surface area contributed by atoms with Crippen molar-refractivity contribution >= 4 is 18.3 Å². The van der Waals surface area contributed by atoms with Gasteiger partial charge in [0.15, 0.2) is 0 Å². The zero-order chi connectivity index (χ0) is 15.4. The molecule has 1 atom stereocenters. The first-order chi connectivity index (χ1) is 10.7. The molecule has 3 nitrogen and oxygen atoms in total. The van der Waals surface area contributed by atoms with E-state index < -0.39 is 0 Å². The summed E-state index contributed by atoms with van der Waals surface area (Å²) >= 11 is 0. The second-order valence-corrected chi connectivity index (χ2v) is 6.03. The van der Waals surface area contributed by atoms with Crippen LogP contribution in [0.2, 0.25) is 0 Å². The quantitative estimate of drug-likeness (QED) is 0.883.